The number of aliphatic carboxylic acids is 1. The molecule has 3 N–H and O–H groups in total. The Balaban J connectivity index is 1.31. The van der Waals surface area contributed by atoms with Gasteiger partial charge in [-0.05, 0) is 90.7 Å². The Morgan fingerprint density at radius 1 is 1.00 bits per heavy atom. The zero-order valence-corrected chi connectivity index (χ0v) is 29.8. The van der Waals surface area contributed by atoms with E-state index in [1.807, 2.05) is 33.7 Å². The van der Waals surface area contributed by atoms with Gasteiger partial charge in [-0.15, -0.1) is 0 Å². The molecule has 1 saturated carbocycles. The lowest BCUT2D eigenvalue weighted by atomic mass is 9.82. The van der Waals surface area contributed by atoms with E-state index in [0.717, 1.165) is 36.8 Å². The Morgan fingerprint density at radius 3 is 2.33 bits per heavy atom. The van der Waals surface area contributed by atoms with Crippen molar-refractivity contribution in [2.45, 2.75) is 120 Å². The average molecular weight is 712 g/mol. The molecule has 2 aromatic heterocycles. The maximum atomic E-state index is 14.4. The van der Waals surface area contributed by atoms with E-state index in [-0.39, 0.29) is 30.7 Å². The van der Waals surface area contributed by atoms with E-state index in [4.69, 9.17) is 4.74 Å². The van der Waals surface area contributed by atoms with Gasteiger partial charge in [0.25, 0.3) is 5.91 Å². The molecule has 0 spiro atoms. The summed E-state index contributed by atoms with van der Waals surface area (Å²) in [6.07, 6.45) is 6.65. The van der Waals surface area contributed by atoms with Crippen LogP contribution in [0, 0.1) is 5.92 Å². The Morgan fingerprint density at radius 2 is 1.67 bits per heavy atom. The van der Waals surface area contributed by atoms with Gasteiger partial charge in [0.05, 0.1) is 12.0 Å². The van der Waals surface area contributed by atoms with Crippen LogP contribution in [0.2, 0.25) is 0 Å². The Hall–Kier alpha value is -3.78. The molecule has 14 heteroatoms. The Kier molecular flexibility index (Phi) is 10.2. The maximum absolute atomic E-state index is 14.4. The van der Waals surface area contributed by atoms with Crippen molar-refractivity contribution in [3.8, 4) is 0 Å². The molecule has 0 aromatic carbocycles. The Labute approximate surface area is 294 Å². The fourth-order valence-corrected chi connectivity index (χ4v) is 8.92. The second kappa shape index (κ2) is 14.2. The molecule has 3 aliphatic heterocycles. The van der Waals surface area contributed by atoms with E-state index in [9.17, 15) is 29.1 Å². The van der Waals surface area contributed by atoms with Crippen molar-refractivity contribution in [3.63, 3.8) is 0 Å². The summed E-state index contributed by atoms with van der Waals surface area (Å²) in [5.41, 5.74) is -0.309. The zero-order valence-electron chi connectivity index (χ0n) is 28.1. The van der Waals surface area contributed by atoms with Gasteiger partial charge in [-0.1, -0.05) is 32.1 Å². The van der Waals surface area contributed by atoms with Crippen molar-refractivity contribution in [2.75, 3.05) is 6.54 Å². The molecule has 4 aliphatic rings. The van der Waals surface area contributed by atoms with Crippen LogP contribution >= 0.6 is 22.7 Å². The van der Waals surface area contributed by atoms with E-state index in [1.54, 1.807) is 38.3 Å². The number of carboxylic acids is 1. The van der Waals surface area contributed by atoms with Gasteiger partial charge in [-0.25, -0.2) is 14.6 Å². The number of thiophene rings is 2. The van der Waals surface area contributed by atoms with Crippen molar-refractivity contribution < 1.29 is 33.8 Å². The molecule has 1 aliphatic carbocycles. The molecule has 5 heterocycles. The number of nitrogens with one attached hydrogen (secondary N) is 2. The lowest BCUT2D eigenvalue weighted by molar-refractivity contribution is -0.146. The number of carbonyl (C=O) groups is 5. The van der Waals surface area contributed by atoms with Crippen LogP contribution < -0.4 is 10.6 Å². The third-order valence-corrected chi connectivity index (χ3v) is 11.5. The number of fused-ring (bicyclic) bond motifs is 2. The lowest BCUT2D eigenvalue weighted by Crippen LogP contribution is -2.56. The van der Waals surface area contributed by atoms with Crippen molar-refractivity contribution in [2.24, 2.45) is 11.0 Å². The molecule has 49 heavy (non-hydrogen) atoms. The van der Waals surface area contributed by atoms with Crippen LogP contribution in [0.3, 0.4) is 0 Å². The number of hydrazone groups is 1. The van der Waals surface area contributed by atoms with E-state index in [0.29, 0.717) is 25.7 Å². The third-order valence-electron chi connectivity index (χ3n) is 10.1. The summed E-state index contributed by atoms with van der Waals surface area (Å²) in [5, 5.41) is 29.7. The van der Waals surface area contributed by atoms with Gasteiger partial charge in [0.2, 0.25) is 11.8 Å². The average Bonchev–Trinajstić information content (AvgIpc) is 3.56. The number of alkyl carbamates (subject to hydrolysis) is 1. The number of carbonyl (C=O) groups excluding carboxylic acids is 4. The maximum Gasteiger partial charge on any atom is 0.408 e. The van der Waals surface area contributed by atoms with Crippen LogP contribution in [-0.4, -0.2) is 86.8 Å². The summed E-state index contributed by atoms with van der Waals surface area (Å²) >= 11 is 3.05. The first-order valence-corrected chi connectivity index (χ1v) is 19.0. The summed E-state index contributed by atoms with van der Waals surface area (Å²) in [6.45, 7) is 5.21. The van der Waals surface area contributed by atoms with Crippen LogP contribution in [0.15, 0.2) is 38.8 Å². The van der Waals surface area contributed by atoms with E-state index in [2.05, 4.69) is 15.7 Å². The molecule has 7 atom stereocenters. The standard InChI is InChI=1S/C35H45N5O7S2/c1-34(2,3)47-33(46)37-26-10-8-6-4-5-7-9-23-16-35(23,32(44)45)38-29(41)27-15-24(18-39(27)30(26)42)40-31(43)28(22-12-14-49-20-22)25(17-36-40)21-11-13-48-19-21/h11-14,17,19-20,23-28H,4-10,15-16,18H2,1-3H3,(H,37,46)(H,38,41)(H,44,45)/t23-,24+,25-,26-,27?,28?,35+/m1/s1. The molecule has 3 fully saturated rings. The first-order chi connectivity index (χ1) is 23.4. The van der Waals surface area contributed by atoms with Crippen LogP contribution in [-0.2, 0) is 23.9 Å². The molecule has 0 bridgehead atoms. The van der Waals surface area contributed by atoms with Crippen molar-refractivity contribution >= 4 is 58.7 Å². The topological polar surface area (TPSA) is 158 Å². The first-order valence-electron chi connectivity index (χ1n) is 17.1. The number of hydrogen-bond donors (Lipinski definition) is 3. The molecule has 6 rings (SSSR count). The van der Waals surface area contributed by atoms with E-state index < -0.39 is 59.1 Å². The quantitative estimate of drug-likeness (QED) is 0.391. The molecular weight excluding hydrogens is 667 g/mol. The molecule has 2 aromatic rings. The SMILES string of the molecule is CC(C)(C)OC(=O)N[C@@H]1CCCCCCC[C@@H]2C[C@]2(C(=O)O)NC(=O)C2C[C@H](N3N=C[C@H](c4ccsc4)C(c4ccsc4)C3=O)CN2C1=O. The zero-order chi connectivity index (χ0) is 34.9. The molecule has 0 radical (unpaired) electrons. The number of hydrogen-bond acceptors (Lipinski definition) is 9. The highest BCUT2D eigenvalue weighted by atomic mass is 32.1. The predicted molar refractivity (Wildman–Crippen MR) is 185 cm³/mol. The summed E-state index contributed by atoms with van der Waals surface area (Å²) < 4.78 is 5.49. The van der Waals surface area contributed by atoms with Gasteiger partial charge >= 0.3 is 12.1 Å². The number of ether oxygens (including phenoxy) is 1. The van der Waals surface area contributed by atoms with E-state index >= 15 is 0 Å². The fraction of sp³-hybridized carbons (Fsp3) is 0.600. The summed E-state index contributed by atoms with van der Waals surface area (Å²) in [5.74, 6) is -3.36. The highest BCUT2D eigenvalue weighted by Gasteiger charge is 2.62. The third kappa shape index (κ3) is 7.54. The normalized spacial score (nSPS) is 31.2. The van der Waals surface area contributed by atoms with Gasteiger partial charge in [-0.3, -0.25) is 14.4 Å². The number of rotatable bonds is 5. The summed E-state index contributed by atoms with van der Waals surface area (Å²) in [7, 11) is 0. The minimum Gasteiger partial charge on any atom is -0.479 e. The highest BCUT2D eigenvalue weighted by Crippen LogP contribution is 2.48. The molecule has 264 valence electrons. The minimum atomic E-state index is -1.38. The number of nitrogens with zero attached hydrogens (tertiary/aromatic N) is 3. The van der Waals surface area contributed by atoms with Gasteiger partial charge in [-0.2, -0.15) is 27.8 Å². The smallest absolute Gasteiger partial charge is 0.408 e. The second-order valence-electron chi connectivity index (χ2n) is 14.7. The van der Waals surface area contributed by atoms with Crippen LogP contribution in [0.1, 0.15) is 102 Å². The first kappa shape index (κ1) is 35.1. The van der Waals surface area contributed by atoms with Crippen LogP contribution in [0.4, 0.5) is 4.79 Å². The summed E-state index contributed by atoms with van der Waals surface area (Å²) in [6, 6.07) is 1.23. The predicted octanol–water partition coefficient (Wildman–Crippen LogP) is 5.07. The summed E-state index contributed by atoms with van der Waals surface area (Å²) in [4.78, 5) is 69.7. The second-order valence-corrected chi connectivity index (χ2v) is 16.2. The van der Waals surface area contributed by atoms with Gasteiger partial charge < -0.3 is 25.4 Å². The van der Waals surface area contributed by atoms with Gasteiger partial charge in [0, 0.05) is 25.1 Å². The molecular formula is C35H45N5O7S2. The molecule has 2 unspecified atom stereocenters. The molecule has 2 saturated heterocycles. The largest absolute Gasteiger partial charge is 0.479 e. The lowest BCUT2D eigenvalue weighted by Gasteiger charge is -2.35. The number of carboxylic acid groups (broad SMARTS) is 1. The molecule has 4 amide bonds. The van der Waals surface area contributed by atoms with E-state index in [1.165, 1.54) is 21.2 Å². The van der Waals surface area contributed by atoms with Gasteiger partial charge in [0.1, 0.15) is 23.2 Å². The molecule has 12 nitrogen and oxygen atoms in total. The number of amides is 4. The highest BCUT2D eigenvalue weighted by molar-refractivity contribution is 7.08. The van der Waals surface area contributed by atoms with Crippen molar-refractivity contribution in [1.82, 2.24) is 20.5 Å². The van der Waals surface area contributed by atoms with Crippen LogP contribution in [0.5, 0.6) is 0 Å². The van der Waals surface area contributed by atoms with Crippen LogP contribution in [0.25, 0.3) is 0 Å². The Bertz CT molecular complexity index is 1570. The minimum absolute atomic E-state index is 0.00449. The van der Waals surface area contributed by atoms with Gasteiger partial charge in [0.15, 0.2) is 0 Å². The van der Waals surface area contributed by atoms with Crippen molar-refractivity contribution in [1.29, 1.82) is 0 Å². The van der Waals surface area contributed by atoms with Crippen molar-refractivity contribution in [3.05, 3.63) is 44.8 Å². The monoisotopic (exact) mass is 711 g/mol. The fourth-order valence-electron chi connectivity index (χ4n) is 7.51.